The van der Waals surface area contributed by atoms with Crippen LogP contribution in [0.15, 0.2) is 17.1 Å². The number of rotatable bonds is 1. The van der Waals surface area contributed by atoms with Gasteiger partial charge in [-0.2, -0.15) is 0 Å². The maximum Gasteiger partial charge on any atom is 0.249 e. The zero-order valence-corrected chi connectivity index (χ0v) is 9.69. The van der Waals surface area contributed by atoms with Crippen molar-refractivity contribution in [3.63, 3.8) is 0 Å². The predicted molar refractivity (Wildman–Crippen MR) is 61.6 cm³/mol. The van der Waals surface area contributed by atoms with Crippen LogP contribution in [0.4, 0.5) is 14.5 Å². The molecule has 1 N–H and O–H groups in total. The van der Waals surface area contributed by atoms with Crippen LogP contribution in [0.1, 0.15) is 12.0 Å². The Morgan fingerprint density at radius 1 is 1.26 bits per heavy atom. The zero-order chi connectivity index (χ0) is 13.6. The highest BCUT2D eigenvalue weighted by Gasteiger charge is 2.35. The first-order chi connectivity index (χ1) is 9.04. The monoisotopic (exact) mass is 265 g/mol. The summed E-state index contributed by atoms with van der Waals surface area (Å²) < 4.78 is 26.2. The van der Waals surface area contributed by atoms with Gasteiger partial charge in [0.1, 0.15) is 6.04 Å². The Hall–Kier alpha value is -2.31. The van der Waals surface area contributed by atoms with E-state index in [-0.39, 0.29) is 18.9 Å². The summed E-state index contributed by atoms with van der Waals surface area (Å²) in [5.74, 6) is -2.66. The molecule has 0 bridgehead atoms. The molecule has 3 rings (SSSR count). The van der Waals surface area contributed by atoms with E-state index in [1.165, 1.54) is 6.34 Å². The van der Waals surface area contributed by atoms with Crippen molar-refractivity contribution in [2.45, 2.75) is 19.0 Å². The second-order valence-electron chi connectivity index (χ2n) is 4.44. The van der Waals surface area contributed by atoms with Gasteiger partial charge in [0.2, 0.25) is 11.8 Å². The van der Waals surface area contributed by atoms with Crippen LogP contribution in [0.2, 0.25) is 0 Å². The van der Waals surface area contributed by atoms with Crippen LogP contribution in [0, 0.1) is 11.6 Å². The van der Waals surface area contributed by atoms with Gasteiger partial charge in [0, 0.05) is 18.2 Å². The van der Waals surface area contributed by atoms with Crippen LogP contribution in [-0.4, -0.2) is 29.1 Å². The minimum absolute atomic E-state index is 0.0455. The zero-order valence-electron chi connectivity index (χ0n) is 9.69. The first-order valence-electron chi connectivity index (χ1n) is 5.66. The molecule has 0 aliphatic carbocycles. The Labute approximate surface area is 106 Å². The summed E-state index contributed by atoms with van der Waals surface area (Å²) in [7, 11) is 0. The molecule has 1 aromatic carbocycles. The van der Waals surface area contributed by atoms with Crippen molar-refractivity contribution in [3.05, 3.63) is 29.3 Å². The predicted octanol–water partition coefficient (Wildman–Crippen LogP) is 0.855. The molecule has 2 amide bonds. The average Bonchev–Trinajstić information content (AvgIpc) is 2.69. The van der Waals surface area contributed by atoms with Crippen LogP contribution in [-0.2, 0) is 16.1 Å². The molecule has 1 atom stereocenters. The fourth-order valence-electron chi connectivity index (χ4n) is 2.20. The molecular weight excluding hydrogens is 256 g/mol. The molecule has 0 saturated carbocycles. The fourth-order valence-corrected chi connectivity index (χ4v) is 2.20. The minimum atomic E-state index is -0.960. The summed E-state index contributed by atoms with van der Waals surface area (Å²) in [6, 6.07) is 1.43. The van der Waals surface area contributed by atoms with E-state index in [9.17, 15) is 18.4 Å². The SMILES string of the molecule is O=C1CC(N2C=Nc3cc(F)c(F)cc3C2)C(=O)N1. The molecule has 98 valence electrons. The number of imide groups is 1. The molecule has 2 aliphatic rings. The van der Waals surface area contributed by atoms with Gasteiger partial charge in [0.15, 0.2) is 11.6 Å². The quantitative estimate of drug-likeness (QED) is 0.766. The molecule has 0 spiro atoms. The average molecular weight is 265 g/mol. The summed E-state index contributed by atoms with van der Waals surface area (Å²) >= 11 is 0. The molecule has 2 heterocycles. The first kappa shape index (κ1) is 11.8. The number of fused-ring (bicyclic) bond motifs is 1. The molecule has 0 aromatic heterocycles. The maximum atomic E-state index is 13.2. The van der Waals surface area contributed by atoms with Crippen molar-refractivity contribution in [2.24, 2.45) is 4.99 Å². The lowest BCUT2D eigenvalue weighted by atomic mass is 10.1. The standard InChI is InChI=1S/C12H9F2N3O2/c13-7-1-6-4-17(5-15-9(6)2-8(7)14)10-3-11(18)16-12(10)19/h1-2,5,10H,3-4H2,(H,16,18,19). The lowest BCUT2D eigenvalue weighted by Crippen LogP contribution is -2.40. The topological polar surface area (TPSA) is 61.8 Å². The molecule has 5 nitrogen and oxygen atoms in total. The van der Waals surface area contributed by atoms with Crippen molar-refractivity contribution < 1.29 is 18.4 Å². The number of hydrogen-bond donors (Lipinski definition) is 1. The summed E-state index contributed by atoms with van der Waals surface area (Å²) in [5, 5.41) is 2.19. The summed E-state index contributed by atoms with van der Waals surface area (Å²) in [6.07, 6.45) is 1.42. The van der Waals surface area contributed by atoms with Gasteiger partial charge in [-0.05, 0) is 6.07 Å². The van der Waals surface area contributed by atoms with Gasteiger partial charge < -0.3 is 4.90 Å². The highest BCUT2D eigenvalue weighted by atomic mass is 19.2. The molecule has 1 fully saturated rings. The number of nitrogens with one attached hydrogen (secondary N) is 1. The fraction of sp³-hybridized carbons (Fsp3) is 0.250. The summed E-state index contributed by atoms with van der Waals surface area (Å²) in [6.45, 7) is 0.210. The smallest absolute Gasteiger partial charge is 0.249 e. The van der Waals surface area contributed by atoms with Crippen LogP contribution in [0.25, 0.3) is 0 Å². The van der Waals surface area contributed by atoms with Crippen molar-refractivity contribution in [1.29, 1.82) is 0 Å². The Bertz CT molecular complexity index is 615. The first-order valence-corrected chi connectivity index (χ1v) is 5.66. The molecule has 19 heavy (non-hydrogen) atoms. The number of carbonyl (C=O) groups excluding carboxylic acids is 2. The van der Waals surface area contributed by atoms with E-state index < -0.39 is 23.6 Å². The van der Waals surface area contributed by atoms with Gasteiger partial charge in [-0.1, -0.05) is 0 Å². The molecule has 1 aromatic rings. The van der Waals surface area contributed by atoms with Gasteiger partial charge in [-0.25, -0.2) is 13.8 Å². The van der Waals surface area contributed by atoms with E-state index >= 15 is 0 Å². The van der Waals surface area contributed by atoms with Crippen LogP contribution >= 0.6 is 0 Å². The number of benzene rings is 1. The number of halogens is 2. The van der Waals surface area contributed by atoms with Crippen molar-refractivity contribution in [1.82, 2.24) is 10.2 Å². The third-order valence-electron chi connectivity index (χ3n) is 3.16. The Morgan fingerprint density at radius 3 is 2.68 bits per heavy atom. The summed E-state index contributed by atoms with van der Waals surface area (Å²) in [4.78, 5) is 28.2. The van der Waals surface area contributed by atoms with E-state index in [1.54, 1.807) is 4.90 Å². The highest BCUT2D eigenvalue weighted by molar-refractivity contribution is 6.06. The van der Waals surface area contributed by atoms with Crippen molar-refractivity contribution >= 4 is 23.8 Å². The van der Waals surface area contributed by atoms with E-state index in [0.717, 1.165) is 12.1 Å². The Morgan fingerprint density at radius 2 is 2.00 bits per heavy atom. The van der Waals surface area contributed by atoms with E-state index in [0.29, 0.717) is 11.3 Å². The lowest BCUT2D eigenvalue weighted by molar-refractivity contribution is -0.125. The van der Waals surface area contributed by atoms with Gasteiger partial charge in [0.25, 0.3) is 0 Å². The van der Waals surface area contributed by atoms with Gasteiger partial charge in [-0.15, -0.1) is 0 Å². The summed E-state index contributed by atoms with van der Waals surface area (Å²) in [5.41, 5.74) is 0.813. The van der Waals surface area contributed by atoms with Crippen molar-refractivity contribution in [3.8, 4) is 0 Å². The molecule has 0 radical (unpaired) electrons. The second-order valence-corrected chi connectivity index (χ2v) is 4.44. The normalized spacial score (nSPS) is 21.6. The van der Waals surface area contributed by atoms with Gasteiger partial charge >= 0.3 is 0 Å². The largest absolute Gasteiger partial charge is 0.346 e. The lowest BCUT2D eigenvalue weighted by Gasteiger charge is -2.27. The van der Waals surface area contributed by atoms with Crippen LogP contribution < -0.4 is 5.32 Å². The molecule has 2 aliphatic heterocycles. The number of hydrogen-bond acceptors (Lipinski definition) is 4. The van der Waals surface area contributed by atoms with E-state index in [1.807, 2.05) is 0 Å². The molecule has 1 saturated heterocycles. The molecule has 1 unspecified atom stereocenters. The maximum absolute atomic E-state index is 13.2. The van der Waals surface area contributed by atoms with Gasteiger partial charge in [0.05, 0.1) is 18.4 Å². The van der Waals surface area contributed by atoms with Crippen molar-refractivity contribution in [2.75, 3.05) is 0 Å². The molecular formula is C12H9F2N3O2. The third kappa shape index (κ3) is 1.96. The van der Waals surface area contributed by atoms with Crippen LogP contribution in [0.3, 0.4) is 0 Å². The number of aliphatic imine (C=N–C) groups is 1. The van der Waals surface area contributed by atoms with E-state index in [4.69, 9.17) is 0 Å². The Balaban J connectivity index is 1.89. The number of nitrogens with zero attached hydrogens (tertiary/aromatic N) is 2. The van der Waals surface area contributed by atoms with Gasteiger partial charge in [-0.3, -0.25) is 14.9 Å². The number of carbonyl (C=O) groups is 2. The second kappa shape index (κ2) is 4.11. The highest BCUT2D eigenvalue weighted by Crippen LogP contribution is 2.28. The molecule has 7 heteroatoms. The third-order valence-corrected chi connectivity index (χ3v) is 3.16. The number of amides is 2. The van der Waals surface area contributed by atoms with Crippen LogP contribution in [0.5, 0.6) is 0 Å². The Kier molecular flexibility index (Phi) is 2.55. The van der Waals surface area contributed by atoms with E-state index in [2.05, 4.69) is 10.3 Å². The minimum Gasteiger partial charge on any atom is -0.346 e.